The second-order valence-corrected chi connectivity index (χ2v) is 8.39. The van der Waals surface area contributed by atoms with Crippen molar-refractivity contribution >= 4 is 28.2 Å². The van der Waals surface area contributed by atoms with Gasteiger partial charge in [0.15, 0.2) is 0 Å². The van der Waals surface area contributed by atoms with Crippen LogP contribution in [0, 0.1) is 13.8 Å². The van der Waals surface area contributed by atoms with Gasteiger partial charge in [0.2, 0.25) is 0 Å². The molecular weight excluding hydrogens is 360 g/mol. The van der Waals surface area contributed by atoms with Gasteiger partial charge in [-0.2, -0.15) is 0 Å². The van der Waals surface area contributed by atoms with Gasteiger partial charge in [0.1, 0.15) is 5.00 Å². The number of carbonyl (C=O) groups excluding carboxylic acids is 2. The number of aryl methyl sites for hydroxylation is 2. The summed E-state index contributed by atoms with van der Waals surface area (Å²) in [5, 5.41) is 3.55. The van der Waals surface area contributed by atoms with Crippen molar-refractivity contribution in [2.45, 2.75) is 46.7 Å². The number of anilines is 1. The van der Waals surface area contributed by atoms with Crippen LogP contribution in [0.25, 0.3) is 0 Å². The molecule has 0 atom stereocenters. The van der Waals surface area contributed by atoms with Gasteiger partial charge in [-0.15, -0.1) is 11.3 Å². The summed E-state index contributed by atoms with van der Waals surface area (Å²) < 4.78 is 5.01. The van der Waals surface area contributed by atoms with Crippen LogP contribution in [0.5, 0.6) is 0 Å². The first-order valence-corrected chi connectivity index (χ1v) is 9.99. The Bertz CT molecular complexity index is 886. The zero-order chi connectivity index (χ0) is 19.7. The first-order chi connectivity index (χ1) is 12.8. The summed E-state index contributed by atoms with van der Waals surface area (Å²) in [5.74, 6) is -0.585. The zero-order valence-electron chi connectivity index (χ0n) is 16.5. The van der Waals surface area contributed by atoms with Gasteiger partial charge in [-0.3, -0.25) is 9.69 Å². The highest BCUT2D eigenvalue weighted by Gasteiger charge is 2.30. The first kappa shape index (κ1) is 19.6. The van der Waals surface area contributed by atoms with Crippen molar-refractivity contribution in [3.63, 3.8) is 0 Å². The van der Waals surface area contributed by atoms with Crippen LogP contribution in [0.1, 0.15) is 56.1 Å². The highest BCUT2D eigenvalue weighted by molar-refractivity contribution is 7.17. The lowest BCUT2D eigenvalue weighted by Gasteiger charge is -2.30. The Morgan fingerprint density at radius 3 is 2.63 bits per heavy atom. The van der Waals surface area contributed by atoms with Crippen molar-refractivity contribution in [3.05, 3.63) is 50.9 Å². The molecule has 0 unspecified atom stereocenters. The van der Waals surface area contributed by atoms with E-state index in [9.17, 15) is 9.59 Å². The number of ether oxygens (including phenoxy) is 1. The Morgan fingerprint density at radius 1 is 1.26 bits per heavy atom. The van der Waals surface area contributed by atoms with E-state index in [4.69, 9.17) is 4.74 Å². The molecule has 27 heavy (non-hydrogen) atoms. The quantitative estimate of drug-likeness (QED) is 0.801. The predicted octanol–water partition coefficient (Wildman–Crippen LogP) is 4.17. The first-order valence-electron chi connectivity index (χ1n) is 9.17. The van der Waals surface area contributed by atoms with E-state index in [-0.39, 0.29) is 11.9 Å². The maximum atomic E-state index is 12.8. The molecule has 2 heterocycles. The fourth-order valence-corrected chi connectivity index (χ4v) is 4.77. The second-order valence-electron chi connectivity index (χ2n) is 7.29. The van der Waals surface area contributed by atoms with E-state index in [1.165, 1.54) is 18.4 Å². The minimum atomic E-state index is -0.388. The molecule has 0 bridgehead atoms. The third kappa shape index (κ3) is 3.92. The van der Waals surface area contributed by atoms with E-state index in [0.29, 0.717) is 22.2 Å². The van der Waals surface area contributed by atoms with E-state index in [1.807, 2.05) is 32.0 Å². The second kappa shape index (κ2) is 7.82. The molecule has 1 aromatic carbocycles. The Labute approximate surface area is 164 Å². The molecule has 144 valence electrons. The van der Waals surface area contributed by atoms with Crippen LogP contribution >= 0.6 is 11.3 Å². The van der Waals surface area contributed by atoms with E-state index in [2.05, 4.69) is 24.1 Å². The molecular formula is C21H26N2O3S. The standard InChI is InChI=1S/C21H26N2O3S/c1-12(2)23-9-8-16-17(11-23)27-20(18(16)21(25)26-5)22-19(24)15-7-6-13(3)10-14(15)4/h6-7,10,12H,8-9,11H2,1-5H3,(H,22,24). The maximum Gasteiger partial charge on any atom is 0.341 e. The Hall–Kier alpha value is -2.18. The van der Waals surface area contributed by atoms with Crippen molar-refractivity contribution in [2.75, 3.05) is 19.0 Å². The highest BCUT2D eigenvalue weighted by atomic mass is 32.1. The smallest absolute Gasteiger partial charge is 0.341 e. The van der Waals surface area contributed by atoms with E-state index in [0.717, 1.165) is 41.1 Å². The number of hydrogen-bond acceptors (Lipinski definition) is 5. The number of hydrogen-bond donors (Lipinski definition) is 1. The highest BCUT2D eigenvalue weighted by Crippen LogP contribution is 2.38. The molecule has 0 fully saturated rings. The van der Waals surface area contributed by atoms with Gasteiger partial charge in [0.25, 0.3) is 5.91 Å². The Balaban J connectivity index is 1.95. The van der Waals surface area contributed by atoms with E-state index in [1.54, 1.807) is 0 Å². The maximum absolute atomic E-state index is 12.8. The SMILES string of the molecule is COC(=O)c1c(NC(=O)c2ccc(C)cc2C)sc2c1CCN(C(C)C)C2. The Morgan fingerprint density at radius 2 is 2.00 bits per heavy atom. The number of nitrogens with one attached hydrogen (secondary N) is 1. The molecule has 0 saturated carbocycles. The lowest BCUT2D eigenvalue weighted by atomic mass is 10.0. The number of benzene rings is 1. The average Bonchev–Trinajstić information content (AvgIpc) is 2.97. The lowest BCUT2D eigenvalue weighted by molar-refractivity contribution is 0.0600. The normalized spacial score (nSPS) is 14.1. The third-order valence-electron chi connectivity index (χ3n) is 5.06. The number of esters is 1. The minimum absolute atomic E-state index is 0.197. The molecule has 0 spiro atoms. The number of methoxy groups -OCH3 is 1. The molecule has 1 aromatic heterocycles. The van der Waals surface area contributed by atoms with Gasteiger partial charge in [0, 0.05) is 29.6 Å². The number of thiophene rings is 1. The summed E-state index contributed by atoms with van der Waals surface area (Å²) in [4.78, 5) is 28.8. The Kier molecular flexibility index (Phi) is 5.67. The topological polar surface area (TPSA) is 58.6 Å². The van der Waals surface area contributed by atoms with Crippen molar-refractivity contribution in [3.8, 4) is 0 Å². The molecule has 1 N–H and O–H groups in total. The van der Waals surface area contributed by atoms with Crippen LogP contribution < -0.4 is 5.32 Å². The largest absolute Gasteiger partial charge is 0.465 e. The summed E-state index contributed by atoms with van der Waals surface area (Å²) in [5.41, 5.74) is 4.17. The molecule has 0 saturated heterocycles. The fraction of sp³-hybridized carbons (Fsp3) is 0.429. The molecule has 1 aliphatic heterocycles. The molecule has 0 radical (unpaired) electrons. The van der Waals surface area contributed by atoms with Crippen molar-refractivity contribution < 1.29 is 14.3 Å². The minimum Gasteiger partial charge on any atom is -0.465 e. The zero-order valence-corrected chi connectivity index (χ0v) is 17.3. The van der Waals surface area contributed by atoms with Crippen molar-refractivity contribution in [1.29, 1.82) is 0 Å². The number of nitrogens with zero attached hydrogens (tertiary/aromatic N) is 1. The summed E-state index contributed by atoms with van der Waals surface area (Å²) in [6.07, 6.45) is 0.786. The van der Waals surface area contributed by atoms with Crippen molar-refractivity contribution in [2.24, 2.45) is 0 Å². The summed E-state index contributed by atoms with van der Waals surface area (Å²) in [6.45, 7) is 9.95. The molecule has 1 aliphatic rings. The summed E-state index contributed by atoms with van der Waals surface area (Å²) in [7, 11) is 1.38. The molecule has 0 aliphatic carbocycles. The average molecular weight is 387 g/mol. The third-order valence-corrected chi connectivity index (χ3v) is 6.19. The van der Waals surface area contributed by atoms with Gasteiger partial charge in [-0.1, -0.05) is 17.7 Å². The van der Waals surface area contributed by atoms with Crippen LogP contribution in [-0.4, -0.2) is 36.5 Å². The monoisotopic (exact) mass is 386 g/mol. The number of amides is 1. The van der Waals surface area contributed by atoms with Gasteiger partial charge >= 0.3 is 5.97 Å². The predicted molar refractivity (Wildman–Crippen MR) is 109 cm³/mol. The van der Waals surface area contributed by atoms with Gasteiger partial charge in [-0.25, -0.2) is 4.79 Å². The molecule has 3 rings (SSSR count). The number of carbonyl (C=O) groups is 2. The van der Waals surface area contributed by atoms with Crippen LogP contribution in [0.3, 0.4) is 0 Å². The molecule has 2 aromatic rings. The number of fused-ring (bicyclic) bond motifs is 1. The molecule has 1 amide bonds. The molecule has 5 nitrogen and oxygen atoms in total. The fourth-order valence-electron chi connectivity index (χ4n) is 3.51. The molecule has 6 heteroatoms. The van der Waals surface area contributed by atoms with Crippen LogP contribution in [0.4, 0.5) is 5.00 Å². The van der Waals surface area contributed by atoms with Crippen LogP contribution in [0.2, 0.25) is 0 Å². The van der Waals surface area contributed by atoms with E-state index >= 15 is 0 Å². The van der Waals surface area contributed by atoms with Crippen LogP contribution in [0.15, 0.2) is 18.2 Å². The number of rotatable bonds is 4. The van der Waals surface area contributed by atoms with Crippen LogP contribution in [-0.2, 0) is 17.7 Å². The van der Waals surface area contributed by atoms with Gasteiger partial charge < -0.3 is 10.1 Å². The summed E-state index contributed by atoms with van der Waals surface area (Å²) >= 11 is 1.48. The van der Waals surface area contributed by atoms with Gasteiger partial charge in [-0.05, 0) is 51.3 Å². The van der Waals surface area contributed by atoms with Gasteiger partial charge in [0.05, 0.1) is 12.7 Å². The summed E-state index contributed by atoms with van der Waals surface area (Å²) in [6, 6.07) is 6.17. The van der Waals surface area contributed by atoms with E-state index < -0.39 is 0 Å². The lowest BCUT2D eigenvalue weighted by Crippen LogP contribution is -2.35. The van der Waals surface area contributed by atoms with Crippen molar-refractivity contribution in [1.82, 2.24) is 4.90 Å².